The Bertz CT molecular complexity index is 476. The fraction of sp³-hybridized carbons (Fsp3) is 0.333. The zero-order chi connectivity index (χ0) is 13.2. The van der Waals surface area contributed by atoms with Crippen LogP contribution in [0.25, 0.3) is 0 Å². The van der Waals surface area contributed by atoms with Gasteiger partial charge in [-0.2, -0.15) is 0 Å². The SMILES string of the molecule is Cc1cc(C(=O)O)c(C)c(CCO)c1C(=O)O. The van der Waals surface area contributed by atoms with Crippen LogP contribution in [0.15, 0.2) is 6.07 Å². The molecule has 1 rings (SSSR count). The summed E-state index contributed by atoms with van der Waals surface area (Å²) in [5, 5.41) is 27.0. The standard InChI is InChI=1S/C12H14O5/c1-6-5-9(11(14)15)7(2)8(3-4-13)10(6)12(16)17/h5,13H,3-4H2,1-2H3,(H,14,15)(H,16,17). The summed E-state index contributed by atoms with van der Waals surface area (Å²) in [5.41, 5.74) is 1.34. The molecule has 1 aromatic rings. The summed E-state index contributed by atoms with van der Waals surface area (Å²) in [4.78, 5) is 22.1. The fourth-order valence-electron chi connectivity index (χ4n) is 1.93. The van der Waals surface area contributed by atoms with Crippen molar-refractivity contribution in [3.8, 4) is 0 Å². The summed E-state index contributed by atoms with van der Waals surface area (Å²) in [5.74, 6) is -2.20. The van der Waals surface area contributed by atoms with Gasteiger partial charge in [-0.15, -0.1) is 0 Å². The number of benzene rings is 1. The molecular weight excluding hydrogens is 224 g/mol. The Labute approximate surface area is 98.3 Å². The van der Waals surface area contributed by atoms with Crippen molar-refractivity contribution in [2.45, 2.75) is 20.3 Å². The van der Waals surface area contributed by atoms with Crippen LogP contribution in [-0.4, -0.2) is 33.9 Å². The minimum absolute atomic E-state index is 0.0796. The van der Waals surface area contributed by atoms with Crippen molar-refractivity contribution in [3.05, 3.63) is 33.9 Å². The highest BCUT2D eigenvalue weighted by molar-refractivity contribution is 5.96. The van der Waals surface area contributed by atoms with Gasteiger partial charge in [0.25, 0.3) is 0 Å². The molecule has 0 saturated heterocycles. The lowest BCUT2D eigenvalue weighted by molar-refractivity contribution is 0.0678. The number of rotatable bonds is 4. The normalized spacial score (nSPS) is 10.3. The number of hydrogen-bond donors (Lipinski definition) is 3. The van der Waals surface area contributed by atoms with Gasteiger partial charge in [-0.05, 0) is 43.0 Å². The van der Waals surface area contributed by atoms with Gasteiger partial charge < -0.3 is 15.3 Å². The maximum Gasteiger partial charge on any atom is 0.336 e. The zero-order valence-electron chi connectivity index (χ0n) is 9.65. The molecule has 3 N–H and O–H groups in total. The van der Waals surface area contributed by atoms with Crippen molar-refractivity contribution in [3.63, 3.8) is 0 Å². The number of aryl methyl sites for hydroxylation is 1. The second kappa shape index (κ2) is 4.97. The van der Waals surface area contributed by atoms with E-state index < -0.39 is 11.9 Å². The van der Waals surface area contributed by atoms with Crippen LogP contribution in [0.5, 0.6) is 0 Å². The van der Waals surface area contributed by atoms with Crippen molar-refractivity contribution in [2.75, 3.05) is 6.61 Å². The molecule has 0 atom stereocenters. The van der Waals surface area contributed by atoms with Gasteiger partial charge in [0, 0.05) is 6.61 Å². The number of carboxylic acids is 2. The van der Waals surface area contributed by atoms with Crippen LogP contribution in [0.2, 0.25) is 0 Å². The molecule has 0 aromatic heterocycles. The summed E-state index contributed by atoms with van der Waals surface area (Å²) in [6.45, 7) is 2.89. The average Bonchev–Trinajstić information content (AvgIpc) is 2.22. The van der Waals surface area contributed by atoms with Gasteiger partial charge in [0.2, 0.25) is 0 Å². The van der Waals surface area contributed by atoms with Crippen LogP contribution in [0.1, 0.15) is 37.4 Å². The number of aliphatic hydroxyl groups excluding tert-OH is 1. The zero-order valence-corrected chi connectivity index (χ0v) is 9.65. The smallest absolute Gasteiger partial charge is 0.336 e. The van der Waals surface area contributed by atoms with Crippen LogP contribution in [0.4, 0.5) is 0 Å². The number of aliphatic hydroxyl groups is 1. The topological polar surface area (TPSA) is 94.8 Å². The van der Waals surface area contributed by atoms with Gasteiger partial charge in [0.05, 0.1) is 11.1 Å². The van der Waals surface area contributed by atoms with Gasteiger partial charge in [-0.3, -0.25) is 0 Å². The quantitative estimate of drug-likeness (QED) is 0.733. The van der Waals surface area contributed by atoms with E-state index in [9.17, 15) is 9.59 Å². The van der Waals surface area contributed by atoms with Crippen molar-refractivity contribution >= 4 is 11.9 Å². The molecule has 5 nitrogen and oxygen atoms in total. The molecule has 0 radical (unpaired) electrons. The lowest BCUT2D eigenvalue weighted by atomic mass is 9.91. The van der Waals surface area contributed by atoms with Crippen molar-refractivity contribution < 1.29 is 24.9 Å². The van der Waals surface area contributed by atoms with Crippen LogP contribution in [-0.2, 0) is 6.42 Å². The fourth-order valence-corrected chi connectivity index (χ4v) is 1.93. The van der Waals surface area contributed by atoms with E-state index in [4.69, 9.17) is 15.3 Å². The van der Waals surface area contributed by atoms with Crippen molar-refractivity contribution in [2.24, 2.45) is 0 Å². The first-order valence-corrected chi connectivity index (χ1v) is 5.10. The minimum atomic E-state index is -1.11. The second-order valence-corrected chi connectivity index (χ2v) is 3.80. The van der Waals surface area contributed by atoms with Gasteiger partial charge in [-0.25, -0.2) is 9.59 Å². The third kappa shape index (κ3) is 2.45. The van der Waals surface area contributed by atoms with Crippen LogP contribution >= 0.6 is 0 Å². The first-order chi connectivity index (χ1) is 7.90. The van der Waals surface area contributed by atoms with Gasteiger partial charge in [-0.1, -0.05) is 0 Å². The molecule has 0 aliphatic rings. The highest BCUT2D eigenvalue weighted by atomic mass is 16.4. The Kier molecular flexibility index (Phi) is 3.85. The van der Waals surface area contributed by atoms with E-state index in [1.165, 1.54) is 6.07 Å². The lowest BCUT2D eigenvalue weighted by Crippen LogP contribution is -2.13. The first-order valence-electron chi connectivity index (χ1n) is 5.10. The summed E-state index contributed by atoms with van der Waals surface area (Å²) >= 11 is 0. The Morgan fingerprint density at radius 3 is 2.18 bits per heavy atom. The molecule has 5 heteroatoms. The molecule has 0 heterocycles. The maximum atomic E-state index is 11.1. The summed E-state index contributed by atoms with van der Waals surface area (Å²) in [6, 6.07) is 1.35. The minimum Gasteiger partial charge on any atom is -0.478 e. The third-order valence-electron chi connectivity index (χ3n) is 2.72. The molecule has 0 amide bonds. The van der Waals surface area contributed by atoms with Crippen LogP contribution in [0.3, 0.4) is 0 Å². The highest BCUT2D eigenvalue weighted by Crippen LogP contribution is 2.23. The molecule has 1 aromatic carbocycles. The Morgan fingerprint density at radius 1 is 1.18 bits per heavy atom. The molecule has 0 aliphatic heterocycles. The van der Waals surface area contributed by atoms with E-state index in [0.717, 1.165) is 0 Å². The molecule has 0 bridgehead atoms. The Hall–Kier alpha value is -1.88. The van der Waals surface area contributed by atoms with E-state index in [1.54, 1.807) is 13.8 Å². The number of aromatic carboxylic acids is 2. The molecule has 0 spiro atoms. The summed E-state index contributed by atoms with van der Waals surface area (Å²) in [7, 11) is 0. The molecule has 0 fully saturated rings. The lowest BCUT2D eigenvalue weighted by Gasteiger charge is -2.14. The average molecular weight is 238 g/mol. The van der Waals surface area contributed by atoms with E-state index in [1.807, 2.05) is 0 Å². The van der Waals surface area contributed by atoms with E-state index in [-0.39, 0.29) is 24.2 Å². The molecular formula is C12H14O5. The van der Waals surface area contributed by atoms with Gasteiger partial charge >= 0.3 is 11.9 Å². The molecule has 17 heavy (non-hydrogen) atoms. The van der Waals surface area contributed by atoms with E-state index in [0.29, 0.717) is 16.7 Å². The largest absolute Gasteiger partial charge is 0.478 e. The molecule has 0 saturated carbocycles. The van der Waals surface area contributed by atoms with Crippen LogP contribution < -0.4 is 0 Å². The Morgan fingerprint density at radius 2 is 1.76 bits per heavy atom. The van der Waals surface area contributed by atoms with E-state index >= 15 is 0 Å². The molecule has 0 unspecified atom stereocenters. The number of hydrogen-bond acceptors (Lipinski definition) is 3. The summed E-state index contributed by atoms with van der Waals surface area (Å²) in [6.07, 6.45) is 0.134. The predicted octanol–water partition coefficient (Wildman–Crippen LogP) is 1.23. The van der Waals surface area contributed by atoms with Gasteiger partial charge in [0.15, 0.2) is 0 Å². The monoisotopic (exact) mass is 238 g/mol. The number of carbonyl (C=O) groups is 2. The Balaban J connectivity index is 3.58. The van der Waals surface area contributed by atoms with E-state index in [2.05, 4.69) is 0 Å². The summed E-state index contributed by atoms with van der Waals surface area (Å²) < 4.78 is 0. The molecule has 92 valence electrons. The third-order valence-corrected chi connectivity index (χ3v) is 2.72. The van der Waals surface area contributed by atoms with Crippen LogP contribution in [0, 0.1) is 13.8 Å². The highest BCUT2D eigenvalue weighted by Gasteiger charge is 2.20. The van der Waals surface area contributed by atoms with Crippen molar-refractivity contribution in [1.82, 2.24) is 0 Å². The maximum absolute atomic E-state index is 11.1. The number of carboxylic acid groups (broad SMARTS) is 2. The predicted molar refractivity (Wildman–Crippen MR) is 60.6 cm³/mol. The second-order valence-electron chi connectivity index (χ2n) is 3.80. The molecule has 0 aliphatic carbocycles. The van der Waals surface area contributed by atoms with Gasteiger partial charge in [0.1, 0.15) is 0 Å². The first kappa shape index (κ1) is 13.2. The van der Waals surface area contributed by atoms with Crippen molar-refractivity contribution in [1.29, 1.82) is 0 Å².